The first-order chi connectivity index (χ1) is 8.56. The molecule has 4 heteroatoms. The van der Waals surface area contributed by atoms with E-state index in [0.717, 1.165) is 30.1 Å². The van der Waals surface area contributed by atoms with E-state index in [4.69, 9.17) is 4.74 Å². The molecule has 0 bridgehead atoms. The van der Waals surface area contributed by atoms with E-state index in [1.165, 1.54) is 12.1 Å². The SMILES string of the molecule is Cc1cc(-c2ccc(F)cc2)n(CC2(C)CO2)n1. The molecule has 1 aromatic carbocycles. The highest BCUT2D eigenvalue weighted by Gasteiger charge is 2.40. The summed E-state index contributed by atoms with van der Waals surface area (Å²) < 4.78 is 20.3. The molecule has 0 aliphatic carbocycles. The Kier molecular flexibility index (Phi) is 2.48. The molecule has 1 saturated heterocycles. The van der Waals surface area contributed by atoms with Gasteiger partial charge in [0.1, 0.15) is 11.4 Å². The van der Waals surface area contributed by atoms with Gasteiger partial charge in [0.15, 0.2) is 0 Å². The van der Waals surface area contributed by atoms with Gasteiger partial charge in [-0.15, -0.1) is 0 Å². The van der Waals surface area contributed by atoms with E-state index in [1.807, 2.05) is 17.7 Å². The van der Waals surface area contributed by atoms with Crippen LogP contribution in [-0.4, -0.2) is 22.0 Å². The maximum Gasteiger partial charge on any atom is 0.123 e. The van der Waals surface area contributed by atoms with Crippen molar-refractivity contribution < 1.29 is 9.13 Å². The fourth-order valence-electron chi connectivity index (χ4n) is 2.05. The molecule has 3 rings (SSSR count). The minimum absolute atomic E-state index is 0.0900. The summed E-state index contributed by atoms with van der Waals surface area (Å²) >= 11 is 0. The van der Waals surface area contributed by atoms with Gasteiger partial charge in [0.25, 0.3) is 0 Å². The van der Waals surface area contributed by atoms with Crippen molar-refractivity contribution in [1.82, 2.24) is 9.78 Å². The van der Waals surface area contributed by atoms with Crippen LogP contribution >= 0.6 is 0 Å². The average molecular weight is 246 g/mol. The van der Waals surface area contributed by atoms with E-state index in [0.29, 0.717) is 0 Å². The predicted octanol–water partition coefficient (Wildman–Crippen LogP) is 2.79. The van der Waals surface area contributed by atoms with Crippen LogP contribution in [-0.2, 0) is 11.3 Å². The lowest BCUT2D eigenvalue weighted by Gasteiger charge is -2.10. The molecule has 0 spiro atoms. The molecule has 94 valence electrons. The third kappa shape index (κ3) is 2.16. The van der Waals surface area contributed by atoms with Crippen molar-refractivity contribution in [3.8, 4) is 11.3 Å². The molecule has 1 unspecified atom stereocenters. The molecule has 1 fully saturated rings. The molecule has 2 aromatic rings. The van der Waals surface area contributed by atoms with Crippen molar-refractivity contribution in [2.75, 3.05) is 6.61 Å². The second kappa shape index (κ2) is 3.92. The van der Waals surface area contributed by atoms with Crippen LogP contribution in [0.3, 0.4) is 0 Å². The van der Waals surface area contributed by atoms with Gasteiger partial charge in [-0.2, -0.15) is 5.10 Å². The molecule has 0 amide bonds. The number of rotatable bonds is 3. The van der Waals surface area contributed by atoms with E-state index in [-0.39, 0.29) is 11.4 Å². The average Bonchev–Trinajstić information content (AvgIpc) is 2.93. The zero-order valence-electron chi connectivity index (χ0n) is 10.5. The van der Waals surface area contributed by atoms with E-state index < -0.39 is 0 Å². The van der Waals surface area contributed by atoms with E-state index in [1.54, 1.807) is 12.1 Å². The monoisotopic (exact) mass is 246 g/mol. The van der Waals surface area contributed by atoms with E-state index in [9.17, 15) is 4.39 Å². The fourth-order valence-corrected chi connectivity index (χ4v) is 2.05. The van der Waals surface area contributed by atoms with Gasteiger partial charge in [0, 0.05) is 0 Å². The number of aryl methyl sites for hydroxylation is 1. The van der Waals surface area contributed by atoms with Gasteiger partial charge in [0.2, 0.25) is 0 Å². The Labute approximate surface area is 105 Å². The van der Waals surface area contributed by atoms with Crippen LogP contribution in [0.1, 0.15) is 12.6 Å². The van der Waals surface area contributed by atoms with Crippen LogP contribution < -0.4 is 0 Å². The van der Waals surface area contributed by atoms with Gasteiger partial charge >= 0.3 is 0 Å². The number of aromatic nitrogens is 2. The van der Waals surface area contributed by atoms with Crippen LogP contribution in [0.15, 0.2) is 30.3 Å². The largest absolute Gasteiger partial charge is 0.368 e. The highest BCUT2D eigenvalue weighted by atomic mass is 19.1. The van der Waals surface area contributed by atoms with Gasteiger partial charge in [-0.25, -0.2) is 4.39 Å². The van der Waals surface area contributed by atoms with Crippen molar-refractivity contribution in [2.45, 2.75) is 26.0 Å². The van der Waals surface area contributed by atoms with Gasteiger partial charge in [0.05, 0.1) is 24.5 Å². The molecule has 1 aromatic heterocycles. The minimum Gasteiger partial charge on any atom is -0.368 e. The Morgan fingerprint density at radius 1 is 1.39 bits per heavy atom. The Morgan fingerprint density at radius 3 is 2.67 bits per heavy atom. The molecule has 2 heterocycles. The first kappa shape index (κ1) is 11.4. The highest BCUT2D eigenvalue weighted by Crippen LogP contribution is 2.30. The zero-order chi connectivity index (χ0) is 12.8. The van der Waals surface area contributed by atoms with Gasteiger partial charge in [-0.3, -0.25) is 4.68 Å². The summed E-state index contributed by atoms with van der Waals surface area (Å²) in [5, 5.41) is 4.48. The third-order valence-electron chi connectivity index (χ3n) is 3.16. The Balaban J connectivity index is 1.97. The lowest BCUT2D eigenvalue weighted by Crippen LogP contribution is -2.17. The molecule has 1 aliphatic rings. The zero-order valence-corrected chi connectivity index (χ0v) is 10.5. The third-order valence-corrected chi connectivity index (χ3v) is 3.16. The summed E-state index contributed by atoms with van der Waals surface area (Å²) in [6.07, 6.45) is 0. The second-order valence-electron chi connectivity index (χ2n) is 5.07. The standard InChI is InChI=1S/C14H15FN2O/c1-10-7-13(11-3-5-12(15)6-4-11)17(16-10)8-14(2)9-18-14/h3-7H,8-9H2,1-2H3. The van der Waals surface area contributed by atoms with Crippen LogP contribution in [0, 0.1) is 12.7 Å². The summed E-state index contributed by atoms with van der Waals surface area (Å²) in [5.74, 6) is -0.223. The summed E-state index contributed by atoms with van der Waals surface area (Å²) in [7, 11) is 0. The van der Waals surface area contributed by atoms with Crippen molar-refractivity contribution in [3.05, 3.63) is 41.8 Å². The quantitative estimate of drug-likeness (QED) is 0.779. The number of hydrogen-bond donors (Lipinski definition) is 0. The second-order valence-corrected chi connectivity index (χ2v) is 5.07. The number of ether oxygens (including phenoxy) is 1. The Hall–Kier alpha value is -1.68. The molecule has 0 saturated carbocycles. The summed E-state index contributed by atoms with van der Waals surface area (Å²) in [6, 6.07) is 8.50. The molecule has 18 heavy (non-hydrogen) atoms. The maximum atomic E-state index is 12.9. The van der Waals surface area contributed by atoms with Crippen LogP contribution in [0.5, 0.6) is 0 Å². The summed E-state index contributed by atoms with van der Waals surface area (Å²) in [5.41, 5.74) is 2.84. The highest BCUT2D eigenvalue weighted by molar-refractivity contribution is 5.59. The number of epoxide rings is 1. The molecular formula is C14H15FN2O. The Bertz CT molecular complexity index is 570. The van der Waals surface area contributed by atoms with Gasteiger partial charge in [-0.1, -0.05) is 0 Å². The van der Waals surface area contributed by atoms with Gasteiger partial charge < -0.3 is 4.74 Å². The maximum absolute atomic E-state index is 12.9. The number of nitrogens with zero attached hydrogens (tertiary/aromatic N) is 2. The lowest BCUT2D eigenvalue weighted by atomic mass is 10.1. The van der Waals surface area contributed by atoms with E-state index >= 15 is 0 Å². The minimum atomic E-state index is -0.223. The number of halogens is 1. The molecular weight excluding hydrogens is 231 g/mol. The van der Waals surface area contributed by atoms with Crippen molar-refractivity contribution in [1.29, 1.82) is 0 Å². The van der Waals surface area contributed by atoms with Gasteiger partial charge in [-0.05, 0) is 49.7 Å². The lowest BCUT2D eigenvalue weighted by molar-refractivity contribution is 0.286. The molecule has 0 radical (unpaired) electrons. The molecule has 1 aliphatic heterocycles. The van der Waals surface area contributed by atoms with Crippen LogP contribution in [0.2, 0.25) is 0 Å². The number of benzene rings is 1. The topological polar surface area (TPSA) is 30.4 Å². The predicted molar refractivity (Wildman–Crippen MR) is 66.7 cm³/mol. The van der Waals surface area contributed by atoms with Crippen LogP contribution in [0.25, 0.3) is 11.3 Å². The summed E-state index contributed by atoms with van der Waals surface area (Å²) in [4.78, 5) is 0. The Morgan fingerprint density at radius 2 is 2.06 bits per heavy atom. The van der Waals surface area contributed by atoms with Crippen molar-refractivity contribution >= 4 is 0 Å². The first-order valence-corrected chi connectivity index (χ1v) is 6.00. The first-order valence-electron chi connectivity index (χ1n) is 6.00. The molecule has 1 atom stereocenters. The summed E-state index contributed by atoms with van der Waals surface area (Å²) in [6.45, 7) is 5.53. The van der Waals surface area contributed by atoms with E-state index in [2.05, 4.69) is 12.0 Å². The van der Waals surface area contributed by atoms with Crippen LogP contribution in [0.4, 0.5) is 4.39 Å². The van der Waals surface area contributed by atoms with Crippen molar-refractivity contribution in [2.24, 2.45) is 0 Å². The fraction of sp³-hybridized carbons (Fsp3) is 0.357. The van der Waals surface area contributed by atoms with Crippen molar-refractivity contribution in [3.63, 3.8) is 0 Å². The molecule has 0 N–H and O–H groups in total. The number of hydrogen-bond acceptors (Lipinski definition) is 2. The smallest absolute Gasteiger partial charge is 0.123 e. The molecule has 3 nitrogen and oxygen atoms in total. The normalized spacial score (nSPS) is 22.2.